The van der Waals surface area contributed by atoms with Crippen LogP contribution in [0.15, 0.2) is 0 Å². The molecule has 226 valence electrons. The molecule has 15 heteroatoms. The minimum absolute atomic E-state index is 0.153. The van der Waals surface area contributed by atoms with Crippen LogP contribution in [0.3, 0.4) is 0 Å². The minimum Gasteiger partial charge on any atom is -0.480 e. The third-order valence-electron chi connectivity index (χ3n) is 6.53. The van der Waals surface area contributed by atoms with E-state index in [0.717, 1.165) is 32.1 Å². The molecule has 0 aromatic heterocycles. The Bertz CT molecular complexity index is 807. The number of nitrogens with two attached hydrogens (primary N) is 2. The second-order valence-corrected chi connectivity index (χ2v) is 9.66. The fraction of sp³-hybridized carbons (Fsp3) is 0.792. The molecule has 0 saturated heterocycles. The van der Waals surface area contributed by atoms with Crippen molar-refractivity contribution in [2.24, 2.45) is 23.3 Å². The predicted molar refractivity (Wildman–Crippen MR) is 135 cm³/mol. The number of aliphatic carboxylic acids is 2. The van der Waals surface area contributed by atoms with E-state index in [4.69, 9.17) is 21.4 Å². The number of alkyl halides is 3. The molecule has 1 unspecified atom stereocenters. The topological polar surface area (TPSA) is 214 Å². The summed E-state index contributed by atoms with van der Waals surface area (Å²) >= 11 is 0. The van der Waals surface area contributed by atoms with Crippen molar-refractivity contribution in [1.82, 2.24) is 16.0 Å². The molecule has 4 atom stereocenters. The van der Waals surface area contributed by atoms with Gasteiger partial charge in [-0.25, -0.2) is 14.4 Å². The average molecular weight is 570 g/mol. The number of hydrogen-bond donors (Lipinski definition) is 7. The summed E-state index contributed by atoms with van der Waals surface area (Å²) in [4.78, 5) is 57.8. The summed E-state index contributed by atoms with van der Waals surface area (Å²) in [6.07, 6.45) is 2.70. The zero-order chi connectivity index (χ0) is 30.2. The molecule has 12 nitrogen and oxygen atoms in total. The van der Waals surface area contributed by atoms with E-state index in [9.17, 15) is 37.5 Å². The van der Waals surface area contributed by atoms with E-state index in [1.165, 1.54) is 0 Å². The van der Waals surface area contributed by atoms with E-state index < -0.39 is 54.1 Å². The molecule has 0 aromatic carbocycles. The summed E-state index contributed by atoms with van der Waals surface area (Å²) in [5, 5.41) is 24.3. The Labute approximate surface area is 225 Å². The van der Waals surface area contributed by atoms with Gasteiger partial charge in [-0.05, 0) is 44.1 Å². The smallest absolute Gasteiger partial charge is 0.480 e. The van der Waals surface area contributed by atoms with Crippen LogP contribution in [0.4, 0.5) is 18.0 Å². The van der Waals surface area contributed by atoms with Crippen molar-refractivity contribution in [2.45, 2.75) is 102 Å². The zero-order valence-electron chi connectivity index (χ0n) is 22.4. The number of carboxylic acids is 2. The maximum Gasteiger partial charge on any atom is 0.490 e. The van der Waals surface area contributed by atoms with Crippen LogP contribution in [0, 0.1) is 11.8 Å². The van der Waals surface area contributed by atoms with Crippen molar-refractivity contribution in [1.29, 1.82) is 0 Å². The van der Waals surface area contributed by atoms with Gasteiger partial charge in [0, 0.05) is 0 Å². The number of hydrogen-bond acceptors (Lipinski definition) is 6. The number of nitrogens with one attached hydrogen (secondary N) is 3. The molecule has 1 fully saturated rings. The van der Waals surface area contributed by atoms with Gasteiger partial charge in [0.2, 0.25) is 11.8 Å². The molecule has 0 bridgehead atoms. The number of amides is 4. The van der Waals surface area contributed by atoms with Crippen molar-refractivity contribution in [2.75, 3.05) is 6.54 Å². The first-order chi connectivity index (χ1) is 18.1. The molecule has 0 radical (unpaired) electrons. The standard InChI is InChI=1S/C22H41N5O5.C2HF3O2/c1-3-14(2)18(19(24)28)27-20(29)17(13-15-9-5-4-6-10-15)26-22(32)25-16(21(30)31)11-7-8-12-23;3-2(4,5)1(6)7/h14-18H,3-13,23H2,1-2H3,(H2,24,28)(H,27,29)(H,30,31)(H2,25,26,32);(H,6,7)/t14?,16-,17+,18-;/m0./s1. The quantitative estimate of drug-likeness (QED) is 0.153. The molecule has 1 aliphatic rings. The maximum absolute atomic E-state index is 13.0. The summed E-state index contributed by atoms with van der Waals surface area (Å²) in [5.74, 6) is -4.89. The van der Waals surface area contributed by atoms with Gasteiger partial charge in [-0.2, -0.15) is 13.2 Å². The van der Waals surface area contributed by atoms with Crippen LogP contribution in [-0.4, -0.2) is 70.8 Å². The van der Waals surface area contributed by atoms with E-state index in [0.29, 0.717) is 32.2 Å². The Balaban J connectivity index is 0.00000181. The van der Waals surface area contributed by atoms with Crippen LogP contribution >= 0.6 is 0 Å². The van der Waals surface area contributed by atoms with Crippen LogP contribution in [0.2, 0.25) is 0 Å². The fourth-order valence-electron chi connectivity index (χ4n) is 4.08. The Hall–Kier alpha value is -3.10. The first kappa shape index (κ1) is 35.9. The van der Waals surface area contributed by atoms with Gasteiger partial charge >= 0.3 is 24.1 Å². The third kappa shape index (κ3) is 15.2. The predicted octanol–water partition coefficient (Wildman–Crippen LogP) is 1.86. The lowest BCUT2D eigenvalue weighted by molar-refractivity contribution is -0.192. The molecule has 39 heavy (non-hydrogen) atoms. The van der Waals surface area contributed by atoms with Crippen molar-refractivity contribution in [3.05, 3.63) is 0 Å². The first-order valence-corrected chi connectivity index (χ1v) is 13.0. The normalized spacial score (nSPS) is 16.9. The van der Waals surface area contributed by atoms with Crippen molar-refractivity contribution in [3.8, 4) is 0 Å². The van der Waals surface area contributed by atoms with Crippen molar-refractivity contribution in [3.63, 3.8) is 0 Å². The van der Waals surface area contributed by atoms with Gasteiger partial charge in [0.15, 0.2) is 0 Å². The number of carbonyl (C=O) groups excluding carboxylic acids is 3. The van der Waals surface area contributed by atoms with Crippen LogP contribution in [-0.2, 0) is 19.2 Å². The van der Waals surface area contributed by atoms with E-state index >= 15 is 0 Å². The summed E-state index contributed by atoms with van der Waals surface area (Å²) in [6.45, 7) is 4.17. The molecule has 4 amide bonds. The van der Waals surface area contributed by atoms with Crippen LogP contribution in [0.25, 0.3) is 0 Å². The number of carboxylic acid groups (broad SMARTS) is 2. The lowest BCUT2D eigenvalue weighted by Crippen LogP contribution is -2.57. The Morgan fingerprint density at radius 2 is 1.49 bits per heavy atom. The van der Waals surface area contributed by atoms with Gasteiger partial charge in [0.05, 0.1) is 0 Å². The van der Waals surface area contributed by atoms with E-state index in [2.05, 4.69) is 16.0 Å². The Morgan fingerprint density at radius 1 is 0.949 bits per heavy atom. The van der Waals surface area contributed by atoms with Gasteiger partial charge in [-0.1, -0.05) is 52.4 Å². The number of urea groups is 1. The molecular formula is C24H42F3N5O7. The molecule has 9 N–H and O–H groups in total. The minimum atomic E-state index is -5.08. The number of unbranched alkanes of at least 4 members (excludes halogenated alkanes) is 1. The Morgan fingerprint density at radius 3 is 1.92 bits per heavy atom. The van der Waals surface area contributed by atoms with E-state index in [1.54, 1.807) is 0 Å². The fourth-order valence-corrected chi connectivity index (χ4v) is 4.08. The van der Waals surface area contributed by atoms with Gasteiger partial charge in [-0.3, -0.25) is 9.59 Å². The van der Waals surface area contributed by atoms with Gasteiger partial charge in [0.1, 0.15) is 18.1 Å². The van der Waals surface area contributed by atoms with E-state index in [1.807, 2.05) is 13.8 Å². The summed E-state index contributed by atoms with van der Waals surface area (Å²) < 4.78 is 31.7. The lowest BCUT2D eigenvalue weighted by Gasteiger charge is -2.29. The number of rotatable bonds is 14. The molecule has 0 heterocycles. The first-order valence-electron chi connectivity index (χ1n) is 13.0. The summed E-state index contributed by atoms with van der Waals surface area (Å²) in [5.41, 5.74) is 10.9. The SMILES string of the molecule is CCC(C)[C@H](NC(=O)[C@@H](CC1CCCCC1)NC(=O)N[C@@H](CCCCN)C(=O)O)C(N)=O.O=C(O)C(F)(F)F. The molecule has 0 aliphatic heterocycles. The van der Waals surface area contributed by atoms with Crippen LogP contribution in [0.5, 0.6) is 0 Å². The maximum atomic E-state index is 13.0. The number of carbonyl (C=O) groups is 5. The highest BCUT2D eigenvalue weighted by Crippen LogP contribution is 2.27. The molecule has 0 aromatic rings. The highest BCUT2D eigenvalue weighted by Gasteiger charge is 2.38. The Kier molecular flexibility index (Phi) is 16.8. The largest absolute Gasteiger partial charge is 0.490 e. The number of halogens is 3. The second-order valence-electron chi connectivity index (χ2n) is 9.66. The molecule has 0 spiro atoms. The van der Waals surface area contributed by atoms with Crippen LogP contribution in [0.1, 0.15) is 78.1 Å². The van der Waals surface area contributed by atoms with Crippen molar-refractivity contribution >= 4 is 29.8 Å². The van der Waals surface area contributed by atoms with E-state index in [-0.39, 0.29) is 18.3 Å². The van der Waals surface area contributed by atoms with Gasteiger partial charge < -0.3 is 37.6 Å². The zero-order valence-corrected chi connectivity index (χ0v) is 22.4. The van der Waals surface area contributed by atoms with Gasteiger partial charge in [-0.15, -0.1) is 0 Å². The molecule has 1 rings (SSSR count). The third-order valence-corrected chi connectivity index (χ3v) is 6.53. The lowest BCUT2D eigenvalue weighted by atomic mass is 9.84. The molecule has 1 saturated carbocycles. The van der Waals surface area contributed by atoms with Crippen molar-refractivity contribution < 1.29 is 47.4 Å². The monoisotopic (exact) mass is 569 g/mol. The second kappa shape index (κ2) is 18.2. The average Bonchev–Trinajstić information content (AvgIpc) is 2.85. The van der Waals surface area contributed by atoms with Crippen LogP contribution < -0.4 is 27.4 Å². The van der Waals surface area contributed by atoms with Gasteiger partial charge in [0.25, 0.3) is 0 Å². The number of primary amides is 1. The molecule has 1 aliphatic carbocycles. The summed E-state index contributed by atoms with van der Waals surface area (Å²) in [7, 11) is 0. The highest BCUT2D eigenvalue weighted by atomic mass is 19.4. The summed E-state index contributed by atoms with van der Waals surface area (Å²) in [6, 6.07) is -3.52. The highest BCUT2D eigenvalue weighted by molar-refractivity contribution is 5.92. The molecular weight excluding hydrogens is 527 g/mol.